The van der Waals surface area contributed by atoms with Crippen molar-refractivity contribution in [2.45, 2.75) is 82.8 Å². The molecule has 5 nitrogen and oxygen atoms in total. The molecule has 2 aliphatic heterocycles. The first-order valence-electron chi connectivity index (χ1n) is 10.4. The lowest BCUT2D eigenvalue weighted by Gasteiger charge is -2.47. The Balaban J connectivity index is 1.61. The lowest BCUT2D eigenvalue weighted by molar-refractivity contribution is -0.149. The van der Waals surface area contributed by atoms with Gasteiger partial charge in [0.2, 0.25) is 0 Å². The third-order valence-corrected chi connectivity index (χ3v) is 6.14. The summed E-state index contributed by atoms with van der Waals surface area (Å²) >= 11 is 0. The average molecular weight is 393 g/mol. The van der Waals surface area contributed by atoms with Crippen LogP contribution in [-0.4, -0.2) is 54.1 Å². The fourth-order valence-electron chi connectivity index (χ4n) is 4.54. The summed E-state index contributed by atoms with van der Waals surface area (Å²) in [6.07, 6.45) is 3.51. The van der Waals surface area contributed by atoms with Crippen LogP contribution in [0.5, 0.6) is 11.5 Å². The van der Waals surface area contributed by atoms with Gasteiger partial charge in [-0.1, -0.05) is 0 Å². The molecule has 0 unspecified atom stereocenters. The number of aliphatic hydroxyl groups is 1. The highest BCUT2D eigenvalue weighted by atomic mass is 19.1. The summed E-state index contributed by atoms with van der Waals surface area (Å²) in [5.74, 6) is 0.417. The molecule has 28 heavy (non-hydrogen) atoms. The zero-order valence-corrected chi connectivity index (χ0v) is 17.3. The van der Waals surface area contributed by atoms with Gasteiger partial charge in [0.25, 0.3) is 0 Å². The first kappa shape index (κ1) is 19.9. The van der Waals surface area contributed by atoms with E-state index in [9.17, 15) is 5.11 Å². The van der Waals surface area contributed by atoms with Gasteiger partial charge in [-0.25, -0.2) is 4.39 Å². The molecule has 0 amide bonds. The molecule has 1 saturated heterocycles. The van der Waals surface area contributed by atoms with Crippen molar-refractivity contribution < 1.29 is 23.7 Å². The molecule has 0 radical (unpaired) electrons. The maximum atomic E-state index is 15.4. The van der Waals surface area contributed by atoms with Crippen LogP contribution in [0, 0.1) is 5.82 Å². The Morgan fingerprint density at radius 2 is 2.00 bits per heavy atom. The summed E-state index contributed by atoms with van der Waals surface area (Å²) in [6.45, 7) is 7.40. The van der Waals surface area contributed by atoms with Crippen LogP contribution in [0.15, 0.2) is 6.07 Å². The van der Waals surface area contributed by atoms with E-state index in [1.165, 1.54) is 0 Å². The molecular weight excluding hydrogens is 361 g/mol. The van der Waals surface area contributed by atoms with Gasteiger partial charge in [-0.05, 0) is 70.1 Å². The summed E-state index contributed by atoms with van der Waals surface area (Å²) in [4.78, 5) is 2.30. The van der Waals surface area contributed by atoms with E-state index in [1.54, 1.807) is 7.11 Å². The first-order chi connectivity index (χ1) is 13.3. The van der Waals surface area contributed by atoms with Gasteiger partial charge < -0.3 is 19.3 Å². The van der Waals surface area contributed by atoms with E-state index in [0.29, 0.717) is 30.7 Å². The van der Waals surface area contributed by atoms with Gasteiger partial charge in [0.05, 0.1) is 31.0 Å². The van der Waals surface area contributed by atoms with Crippen LogP contribution in [-0.2, 0) is 11.2 Å². The number of ether oxygens (including phenoxy) is 3. The molecule has 1 saturated carbocycles. The van der Waals surface area contributed by atoms with Crippen molar-refractivity contribution in [1.29, 1.82) is 0 Å². The number of piperidine rings is 1. The zero-order valence-electron chi connectivity index (χ0n) is 17.3. The van der Waals surface area contributed by atoms with E-state index < -0.39 is 6.10 Å². The number of hydrogen-bond donors (Lipinski definition) is 1. The van der Waals surface area contributed by atoms with E-state index in [0.717, 1.165) is 31.4 Å². The van der Waals surface area contributed by atoms with Gasteiger partial charge >= 0.3 is 0 Å². The van der Waals surface area contributed by atoms with E-state index in [2.05, 4.69) is 4.90 Å². The Kier molecular flexibility index (Phi) is 5.31. The smallest absolute Gasteiger partial charge is 0.197 e. The summed E-state index contributed by atoms with van der Waals surface area (Å²) < 4.78 is 32.8. The number of aliphatic hydroxyl groups excluding tert-OH is 1. The maximum absolute atomic E-state index is 15.4. The zero-order chi connectivity index (χ0) is 20.1. The maximum Gasteiger partial charge on any atom is 0.197 e. The molecule has 3 aliphatic rings. The van der Waals surface area contributed by atoms with Crippen LogP contribution in [0.1, 0.15) is 63.6 Å². The molecular formula is C22H32FNO4. The lowest BCUT2D eigenvalue weighted by Crippen LogP contribution is -2.53. The lowest BCUT2D eigenvalue weighted by atomic mass is 9.84. The molecule has 1 N–H and O–H groups in total. The van der Waals surface area contributed by atoms with Crippen LogP contribution < -0.4 is 9.47 Å². The molecule has 1 aliphatic carbocycles. The van der Waals surface area contributed by atoms with Crippen LogP contribution in [0.2, 0.25) is 0 Å². The quantitative estimate of drug-likeness (QED) is 0.847. The molecule has 6 heteroatoms. The minimum absolute atomic E-state index is 0.0280. The number of methoxy groups -OCH3 is 1. The minimum Gasteiger partial charge on any atom is -0.493 e. The normalized spacial score (nSPS) is 28.3. The average Bonchev–Trinajstić information content (AvgIpc) is 2.58. The second-order valence-corrected chi connectivity index (χ2v) is 9.29. The standard InChI is InChI=1S/C22H32FNO4/c1-22(2,3)28-19-12-24-9-8-14-15(16(24)11-17(19)25)10-18(26-4)21(20(14)23)27-13-6-5-7-13/h10,13,16-17,19,25H,5-9,11-12H2,1-4H3/t16-,17-,19-/m1/s1. The third kappa shape index (κ3) is 3.74. The molecule has 2 fully saturated rings. The number of halogens is 1. The monoisotopic (exact) mass is 393 g/mol. The van der Waals surface area contributed by atoms with Gasteiger partial charge in [0.1, 0.15) is 0 Å². The van der Waals surface area contributed by atoms with Gasteiger partial charge in [0, 0.05) is 19.1 Å². The fourth-order valence-corrected chi connectivity index (χ4v) is 4.54. The molecule has 156 valence electrons. The Bertz CT molecular complexity index is 728. The molecule has 1 aromatic carbocycles. The van der Waals surface area contributed by atoms with E-state index in [-0.39, 0.29) is 35.4 Å². The summed E-state index contributed by atoms with van der Waals surface area (Å²) in [5.41, 5.74) is 1.31. The highest BCUT2D eigenvalue weighted by Crippen LogP contribution is 2.45. The molecule has 0 bridgehead atoms. The number of fused-ring (bicyclic) bond motifs is 3. The molecule has 0 spiro atoms. The topological polar surface area (TPSA) is 51.2 Å². The highest BCUT2D eigenvalue weighted by Gasteiger charge is 2.41. The van der Waals surface area contributed by atoms with Crippen molar-refractivity contribution in [3.63, 3.8) is 0 Å². The molecule has 0 aromatic heterocycles. The Morgan fingerprint density at radius 3 is 2.61 bits per heavy atom. The summed E-state index contributed by atoms with van der Waals surface area (Å²) in [6, 6.07) is 1.89. The Hall–Kier alpha value is -1.37. The van der Waals surface area contributed by atoms with Crippen molar-refractivity contribution in [2.75, 3.05) is 20.2 Å². The molecule has 1 aromatic rings. The predicted octanol–water partition coefficient (Wildman–Crippen LogP) is 3.61. The summed E-state index contributed by atoms with van der Waals surface area (Å²) in [5, 5.41) is 10.7. The van der Waals surface area contributed by atoms with Crippen LogP contribution >= 0.6 is 0 Å². The van der Waals surface area contributed by atoms with Crippen molar-refractivity contribution in [2.24, 2.45) is 0 Å². The van der Waals surface area contributed by atoms with E-state index in [4.69, 9.17) is 14.2 Å². The second kappa shape index (κ2) is 7.47. The Labute approximate surface area is 166 Å². The molecule has 3 atom stereocenters. The largest absolute Gasteiger partial charge is 0.493 e. The molecule has 2 heterocycles. The number of benzene rings is 1. The van der Waals surface area contributed by atoms with Crippen LogP contribution in [0.3, 0.4) is 0 Å². The van der Waals surface area contributed by atoms with Crippen molar-refractivity contribution in [3.05, 3.63) is 23.0 Å². The number of rotatable bonds is 4. The van der Waals surface area contributed by atoms with Gasteiger partial charge in [0.15, 0.2) is 17.3 Å². The van der Waals surface area contributed by atoms with Gasteiger partial charge in [-0.3, -0.25) is 4.90 Å². The van der Waals surface area contributed by atoms with E-state index >= 15 is 4.39 Å². The number of nitrogens with zero attached hydrogens (tertiary/aromatic N) is 1. The highest BCUT2D eigenvalue weighted by molar-refractivity contribution is 5.51. The van der Waals surface area contributed by atoms with E-state index in [1.807, 2.05) is 26.8 Å². The second-order valence-electron chi connectivity index (χ2n) is 9.29. The van der Waals surface area contributed by atoms with Crippen LogP contribution in [0.4, 0.5) is 4.39 Å². The van der Waals surface area contributed by atoms with Crippen LogP contribution in [0.25, 0.3) is 0 Å². The number of hydrogen-bond acceptors (Lipinski definition) is 5. The SMILES string of the molecule is COc1cc2c(c(F)c1OC1CCC1)CCN1C[C@@H](OC(C)(C)C)[C@H](O)C[C@H]21. The predicted molar refractivity (Wildman–Crippen MR) is 104 cm³/mol. The minimum atomic E-state index is -0.577. The third-order valence-electron chi connectivity index (χ3n) is 6.14. The Morgan fingerprint density at radius 1 is 1.25 bits per heavy atom. The fraction of sp³-hybridized carbons (Fsp3) is 0.727. The summed E-state index contributed by atoms with van der Waals surface area (Å²) in [7, 11) is 1.55. The van der Waals surface area contributed by atoms with Crippen molar-refractivity contribution in [3.8, 4) is 11.5 Å². The van der Waals surface area contributed by atoms with Crippen molar-refractivity contribution in [1.82, 2.24) is 4.90 Å². The van der Waals surface area contributed by atoms with Gasteiger partial charge in [-0.15, -0.1) is 0 Å². The van der Waals surface area contributed by atoms with Crippen molar-refractivity contribution >= 4 is 0 Å². The van der Waals surface area contributed by atoms with Gasteiger partial charge in [-0.2, -0.15) is 0 Å². The molecule has 4 rings (SSSR count). The first-order valence-corrected chi connectivity index (χ1v) is 10.4.